The number of benzene rings is 1. The van der Waals surface area contributed by atoms with Gasteiger partial charge in [-0.1, -0.05) is 18.2 Å². The number of ether oxygens (including phenoxy) is 2. The van der Waals surface area contributed by atoms with Crippen LogP contribution < -0.4 is 9.64 Å². The Bertz CT molecular complexity index is 1260. The van der Waals surface area contributed by atoms with Gasteiger partial charge in [0.05, 0.1) is 24.8 Å². The molecule has 4 heterocycles. The van der Waals surface area contributed by atoms with Crippen molar-refractivity contribution in [2.75, 3.05) is 25.1 Å². The van der Waals surface area contributed by atoms with Crippen molar-refractivity contribution in [3.05, 3.63) is 66.7 Å². The number of hydrogen-bond donors (Lipinski definition) is 0. The van der Waals surface area contributed by atoms with Gasteiger partial charge in [0.15, 0.2) is 0 Å². The molecule has 6 nitrogen and oxygen atoms in total. The van der Waals surface area contributed by atoms with E-state index in [1.807, 2.05) is 43.7 Å². The zero-order valence-electron chi connectivity index (χ0n) is 19.4. The van der Waals surface area contributed by atoms with Crippen molar-refractivity contribution in [2.45, 2.75) is 33.0 Å². The second-order valence-electron chi connectivity index (χ2n) is 8.66. The van der Waals surface area contributed by atoms with Crippen LogP contribution in [0.2, 0.25) is 0 Å². The number of methoxy groups -OCH3 is 1. The summed E-state index contributed by atoms with van der Waals surface area (Å²) < 4.78 is 11.7. The lowest BCUT2D eigenvalue weighted by Gasteiger charge is -2.36. The quantitative estimate of drug-likeness (QED) is 0.430. The average molecular weight is 441 g/mol. The van der Waals surface area contributed by atoms with Crippen molar-refractivity contribution >= 4 is 16.7 Å². The van der Waals surface area contributed by atoms with Gasteiger partial charge in [-0.2, -0.15) is 0 Å². The van der Waals surface area contributed by atoms with Gasteiger partial charge in [0.25, 0.3) is 0 Å². The summed E-state index contributed by atoms with van der Waals surface area (Å²) in [5.41, 5.74) is 5.85. The third kappa shape index (κ3) is 4.14. The summed E-state index contributed by atoms with van der Waals surface area (Å²) in [6, 6.07) is 14.4. The van der Waals surface area contributed by atoms with E-state index in [2.05, 4.69) is 48.0 Å². The standard InChI is InChI=1S/C27H28N4O2/c1-17-8-9-20(12-28-17)22-6-5-7-23-26(22)30-14-24(27(23)32-4)21-10-11-25(29-13-21)31-15-18(2)33-19(3)16-31/h5-14,18-19H,15-16H2,1-4H3/t18-,19?/m1/s1. The van der Waals surface area contributed by atoms with E-state index in [-0.39, 0.29) is 12.2 Å². The summed E-state index contributed by atoms with van der Waals surface area (Å²) in [6.45, 7) is 7.87. The number of aromatic nitrogens is 3. The lowest BCUT2D eigenvalue weighted by atomic mass is 10.00. The van der Waals surface area contributed by atoms with Gasteiger partial charge in [0, 0.05) is 65.0 Å². The van der Waals surface area contributed by atoms with E-state index in [0.29, 0.717) is 0 Å². The molecule has 1 aliphatic rings. The molecule has 168 valence electrons. The minimum Gasteiger partial charge on any atom is -0.495 e. The number of nitrogens with zero attached hydrogens (tertiary/aromatic N) is 4. The van der Waals surface area contributed by atoms with E-state index in [1.165, 1.54) is 0 Å². The maximum absolute atomic E-state index is 5.89. The number of morpholine rings is 1. The Labute approximate surface area is 194 Å². The maximum Gasteiger partial charge on any atom is 0.137 e. The van der Waals surface area contributed by atoms with Crippen molar-refractivity contribution in [3.8, 4) is 28.0 Å². The highest BCUT2D eigenvalue weighted by molar-refractivity contribution is 6.00. The van der Waals surface area contributed by atoms with Crippen LogP contribution in [0.1, 0.15) is 19.5 Å². The van der Waals surface area contributed by atoms with E-state index in [1.54, 1.807) is 7.11 Å². The zero-order valence-corrected chi connectivity index (χ0v) is 19.4. The number of anilines is 1. The molecule has 1 saturated heterocycles. The molecule has 5 rings (SSSR count). The number of para-hydroxylation sites is 1. The first-order valence-electron chi connectivity index (χ1n) is 11.3. The molecular weight excluding hydrogens is 412 g/mol. The summed E-state index contributed by atoms with van der Waals surface area (Å²) in [4.78, 5) is 16.3. The van der Waals surface area contributed by atoms with Crippen molar-refractivity contribution < 1.29 is 9.47 Å². The Morgan fingerprint density at radius 2 is 1.58 bits per heavy atom. The molecule has 1 aromatic carbocycles. The largest absolute Gasteiger partial charge is 0.495 e. The van der Waals surface area contributed by atoms with E-state index in [0.717, 1.165) is 63.5 Å². The van der Waals surface area contributed by atoms with Crippen LogP contribution in [-0.2, 0) is 4.74 Å². The highest BCUT2D eigenvalue weighted by atomic mass is 16.5. The number of rotatable bonds is 4. The first kappa shape index (κ1) is 21.3. The van der Waals surface area contributed by atoms with E-state index in [4.69, 9.17) is 19.4 Å². The third-order valence-corrected chi connectivity index (χ3v) is 6.08. The minimum absolute atomic E-state index is 0.193. The predicted molar refractivity (Wildman–Crippen MR) is 132 cm³/mol. The van der Waals surface area contributed by atoms with Crippen LogP contribution in [0.5, 0.6) is 5.75 Å². The monoisotopic (exact) mass is 440 g/mol. The summed E-state index contributed by atoms with van der Waals surface area (Å²) in [6.07, 6.45) is 6.05. The van der Waals surface area contributed by atoms with Crippen molar-refractivity contribution in [2.24, 2.45) is 0 Å². The Balaban J connectivity index is 1.53. The van der Waals surface area contributed by atoms with Gasteiger partial charge in [0.2, 0.25) is 0 Å². The second kappa shape index (κ2) is 8.79. The molecule has 0 radical (unpaired) electrons. The third-order valence-electron chi connectivity index (χ3n) is 6.08. The fourth-order valence-corrected chi connectivity index (χ4v) is 4.58. The number of pyridine rings is 3. The van der Waals surface area contributed by atoms with E-state index < -0.39 is 0 Å². The molecule has 3 aromatic heterocycles. The molecule has 6 heteroatoms. The fraction of sp³-hybridized carbons (Fsp3) is 0.296. The minimum atomic E-state index is 0.193. The van der Waals surface area contributed by atoms with Gasteiger partial charge in [-0.25, -0.2) is 4.98 Å². The zero-order chi connectivity index (χ0) is 22.9. The van der Waals surface area contributed by atoms with Gasteiger partial charge in [-0.15, -0.1) is 0 Å². The molecule has 33 heavy (non-hydrogen) atoms. The van der Waals surface area contributed by atoms with Gasteiger partial charge in [0.1, 0.15) is 11.6 Å². The Morgan fingerprint density at radius 3 is 2.24 bits per heavy atom. The number of hydrogen-bond acceptors (Lipinski definition) is 6. The van der Waals surface area contributed by atoms with Crippen molar-refractivity contribution in [3.63, 3.8) is 0 Å². The molecule has 0 amide bonds. The van der Waals surface area contributed by atoms with Crippen LogP contribution in [0.3, 0.4) is 0 Å². The summed E-state index contributed by atoms with van der Waals surface area (Å²) in [5.74, 6) is 1.76. The average Bonchev–Trinajstić information content (AvgIpc) is 2.83. The Morgan fingerprint density at radius 1 is 0.848 bits per heavy atom. The summed E-state index contributed by atoms with van der Waals surface area (Å²) >= 11 is 0. The first-order valence-corrected chi connectivity index (χ1v) is 11.3. The fourth-order valence-electron chi connectivity index (χ4n) is 4.58. The lowest BCUT2D eigenvalue weighted by Crippen LogP contribution is -2.45. The molecule has 0 N–H and O–H groups in total. The van der Waals surface area contributed by atoms with E-state index >= 15 is 0 Å². The van der Waals surface area contributed by atoms with Gasteiger partial charge >= 0.3 is 0 Å². The molecule has 2 atom stereocenters. The predicted octanol–water partition coefficient (Wildman–Crippen LogP) is 5.29. The lowest BCUT2D eigenvalue weighted by molar-refractivity contribution is -0.00545. The van der Waals surface area contributed by atoms with Crippen LogP contribution in [0, 0.1) is 6.92 Å². The van der Waals surface area contributed by atoms with Gasteiger partial charge in [-0.3, -0.25) is 9.97 Å². The number of aryl methyl sites for hydroxylation is 1. The van der Waals surface area contributed by atoms with Crippen molar-refractivity contribution in [1.29, 1.82) is 0 Å². The van der Waals surface area contributed by atoms with Crippen molar-refractivity contribution in [1.82, 2.24) is 15.0 Å². The second-order valence-corrected chi connectivity index (χ2v) is 8.66. The van der Waals surface area contributed by atoms with Crippen LogP contribution in [-0.4, -0.2) is 47.4 Å². The van der Waals surface area contributed by atoms with Crippen LogP contribution in [0.25, 0.3) is 33.2 Å². The van der Waals surface area contributed by atoms with Gasteiger partial charge in [-0.05, 0) is 45.0 Å². The molecule has 1 unspecified atom stereocenters. The molecule has 1 aliphatic heterocycles. The molecule has 1 fully saturated rings. The molecule has 0 aliphatic carbocycles. The highest BCUT2D eigenvalue weighted by Crippen LogP contribution is 2.38. The molecule has 0 bridgehead atoms. The SMILES string of the molecule is COc1c(-c2ccc(N3CC(C)O[C@H](C)C3)nc2)cnc2c(-c3ccc(C)nc3)cccc12. The molecule has 0 spiro atoms. The summed E-state index contributed by atoms with van der Waals surface area (Å²) in [5, 5.41) is 0.966. The van der Waals surface area contributed by atoms with Crippen LogP contribution >= 0.6 is 0 Å². The van der Waals surface area contributed by atoms with Crippen LogP contribution in [0.15, 0.2) is 61.1 Å². The Hall–Kier alpha value is -3.51. The maximum atomic E-state index is 5.89. The smallest absolute Gasteiger partial charge is 0.137 e. The topological polar surface area (TPSA) is 60.4 Å². The van der Waals surface area contributed by atoms with Gasteiger partial charge < -0.3 is 14.4 Å². The number of fused-ring (bicyclic) bond motifs is 1. The molecule has 4 aromatic rings. The normalized spacial score (nSPS) is 18.5. The molecular formula is C27H28N4O2. The highest BCUT2D eigenvalue weighted by Gasteiger charge is 2.23. The van der Waals surface area contributed by atoms with E-state index in [9.17, 15) is 0 Å². The Kier molecular flexibility index (Phi) is 5.68. The first-order chi connectivity index (χ1) is 16.0. The summed E-state index contributed by atoms with van der Waals surface area (Å²) in [7, 11) is 1.71. The molecule has 0 saturated carbocycles. The van der Waals surface area contributed by atoms with Crippen LogP contribution in [0.4, 0.5) is 5.82 Å².